The van der Waals surface area contributed by atoms with E-state index in [0.29, 0.717) is 0 Å². The van der Waals surface area contributed by atoms with Crippen LogP contribution in [0.1, 0.15) is 30.3 Å². The number of amides is 2. The Morgan fingerprint density at radius 1 is 1.25 bits per heavy atom. The van der Waals surface area contributed by atoms with Gasteiger partial charge < -0.3 is 0 Å². The topological polar surface area (TPSA) is 81.1 Å². The molecule has 9 heteroatoms. The number of para-hydroxylation sites is 1. The second kappa shape index (κ2) is 5.43. The molecule has 1 aliphatic heterocycles. The summed E-state index contributed by atoms with van der Waals surface area (Å²) >= 11 is 0. The average Bonchev–Trinajstić information content (AvgIpc) is 2.47. The molecule has 1 aromatic carbocycles. The number of piperidine rings is 1. The molecule has 2 amide bonds. The van der Waals surface area contributed by atoms with Gasteiger partial charge in [-0.2, -0.15) is 13.2 Å². The summed E-state index contributed by atoms with van der Waals surface area (Å²) in [5.41, 5.74) is -2.19. The maximum atomic E-state index is 13.1. The standard InChI is InChI=1S/C15H12F3N3O3/c1-7-19-12-8(3-2-4-9(12)15(16,17)18)14(24)21(7)10-5-6-11(22)20-13(10)23/h2-4,10H,5-6H2,1H3,(H,20,22,23)/t10-/m1/s1. The molecule has 1 saturated heterocycles. The maximum absolute atomic E-state index is 13.1. The van der Waals surface area contributed by atoms with Crippen LogP contribution in [-0.4, -0.2) is 21.4 Å². The number of hydrogen-bond donors (Lipinski definition) is 1. The van der Waals surface area contributed by atoms with Gasteiger partial charge in [-0.15, -0.1) is 0 Å². The lowest BCUT2D eigenvalue weighted by molar-refractivity contribution is -0.137. The molecule has 3 rings (SSSR count). The van der Waals surface area contributed by atoms with Crippen molar-refractivity contribution in [3.63, 3.8) is 0 Å². The van der Waals surface area contributed by atoms with Gasteiger partial charge in [0.05, 0.1) is 16.5 Å². The molecule has 1 aliphatic rings. The predicted octanol–water partition coefficient (Wildman–Crippen LogP) is 1.70. The van der Waals surface area contributed by atoms with Crippen molar-refractivity contribution < 1.29 is 22.8 Å². The molecule has 0 saturated carbocycles. The van der Waals surface area contributed by atoms with Crippen LogP contribution in [0, 0.1) is 6.92 Å². The molecule has 24 heavy (non-hydrogen) atoms. The second-order valence-corrected chi connectivity index (χ2v) is 5.50. The third-order valence-electron chi connectivity index (χ3n) is 3.93. The lowest BCUT2D eigenvalue weighted by Crippen LogP contribution is -2.45. The Labute approximate surface area is 133 Å². The van der Waals surface area contributed by atoms with Gasteiger partial charge in [-0.25, -0.2) is 4.98 Å². The molecule has 1 atom stereocenters. The molecular weight excluding hydrogens is 327 g/mol. The molecule has 0 bridgehead atoms. The Morgan fingerprint density at radius 2 is 1.96 bits per heavy atom. The number of alkyl halides is 3. The van der Waals surface area contributed by atoms with Crippen LogP contribution in [-0.2, 0) is 15.8 Å². The minimum Gasteiger partial charge on any atom is -0.295 e. The third kappa shape index (κ3) is 2.55. The van der Waals surface area contributed by atoms with Gasteiger partial charge in [0.1, 0.15) is 11.9 Å². The number of fused-ring (bicyclic) bond motifs is 1. The number of benzene rings is 1. The van der Waals surface area contributed by atoms with E-state index in [1.807, 2.05) is 0 Å². The van der Waals surface area contributed by atoms with Gasteiger partial charge in [-0.05, 0) is 25.5 Å². The van der Waals surface area contributed by atoms with E-state index in [-0.39, 0.29) is 24.1 Å². The molecule has 0 aliphatic carbocycles. The van der Waals surface area contributed by atoms with Crippen molar-refractivity contribution in [1.82, 2.24) is 14.9 Å². The first-order chi connectivity index (χ1) is 11.2. The summed E-state index contributed by atoms with van der Waals surface area (Å²) in [6.07, 6.45) is -4.51. The maximum Gasteiger partial charge on any atom is 0.418 e. The zero-order valence-corrected chi connectivity index (χ0v) is 12.5. The number of aromatic nitrogens is 2. The largest absolute Gasteiger partial charge is 0.418 e. The van der Waals surface area contributed by atoms with Crippen molar-refractivity contribution >= 4 is 22.7 Å². The van der Waals surface area contributed by atoms with Crippen molar-refractivity contribution in [3.8, 4) is 0 Å². The van der Waals surface area contributed by atoms with Crippen LogP contribution >= 0.6 is 0 Å². The lowest BCUT2D eigenvalue weighted by atomic mass is 10.0. The van der Waals surface area contributed by atoms with E-state index in [1.165, 1.54) is 13.0 Å². The first-order valence-corrected chi connectivity index (χ1v) is 7.13. The zero-order valence-electron chi connectivity index (χ0n) is 12.5. The molecule has 126 valence electrons. The number of carbonyl (C=O) groups is 2. The average molecular weight is 339 g/mol. The molecule has 2 heterocycles. The molecule has 6 nitrogen and oxygen atoms in total. The normalized spacial score (nSPS) is 18.8. The molecule has 2 aromatic rings. The minimum absolute atomic E-state index is 0.0151. The van der Waals surface area contributed by atoms with Gasteiger partial charge in [-0.1, -0.05) is 6.07 Å². The van der Waals surface area contributed by atoms with Crippen LogP contribution in [0.2, 0.25) is 0 Å². The van der Waals surface area contributed by atoms with E-state index in [9.17, 15) is 27.6 Å². The van der Waals surface area contributed by atoms with Crippen molar-refractivity contribution in [2.24, 2.45) is 0 Å². The number of aryl methyl sites for hydroxylation is 1. The monoisotopic (exact) mass is 339 g/mol. The van der Waals surface area contributed by atoms with Gasteiger partial charge in [0, 0.05) is 6.42 Å². The second-order valence-electron chi connectivity index (χ2n) is 5.50. The smallest absolute Gasteiger partial charge is 0.295 e. The predicted molar refractivity (Wildman–Crippen MR) is 77.2 cm³/mol. The first-order valence-electron chi connectivity index (χ1n) is 7.13. The third-order valence-corrected chi connectivity index (χ3v) is 3.93. The van der Waals surface area contributed by atoms with Crippen molar-refractivity contribution in [2.45, 2.75) is 32.0 Å². The zero-order chi connectivity index (χ0) is 17.6. The molecule has 0 unspecified atom stereocenters. The number of nitrogens with zero attached hydrogens (tertiary/aromatic N) is 2. The summed E-state index contributed by atoms with van der Waals surface area (Å²) in [6.45, 7) is 1.36. The Hall–Kier alpha value is -2.71. The summed E-state index contributed by atoms with van der Waals surface area (Å²) in [6, 6.07) is 2.24. The highest BCUT2D eigenvalue weighted by Gasteiger charge is 2.35. The van der Waals surface area contributed by atoms with E-state index in [4.69, 9.17) is 0 Å². The summed E-state index contributed by atoms with van der Waals surface area (Å²) in [5.74, 6) is -1.13. The Morgan fingerprint density at radius 3 is 2.58 bits per heavy atom. The molecule has 0 radical (unpaired) electrons. The van der Waals surface area contributed by atoms with Gasteiger partial charge in [0.2, 0.25) is 11.8 Å². The van der Waals surface area contributed by atoms with E-state index < -0.39 is 40.7 Å². The van der Waals surface area contributed by atoms with Gasteiger partial charge in [0.25, 0.3) is 5.56 Å². The van der Waals surface area contributed by atoms with Crippen LogP contribution in [0.4, 0.5) is 13.2 Å². The summed E-state index contributed by atoms with van der Waals surface area (Å²) in [4.78, 5) is 39.8. The molecular formula is C15H12F3N3O3. The molecule has 1 aromatic heterocycles. The van der Waals surface area contributed by atoms with Gasteiger partial charge in [-0.3, -0.25) is 24.3 Å². The fourth-order valence-corrected chi connectivity index (χ4v) is 2.85. The van der Waals surface area contributed by atoms with Crippen molar-refractivity contribution in [1.29, 1.82) is 0 Å². The van der Waals surface area contributed by atoms with Crippen molar-refractivity contribution in [3.05, 3.63) is 39.9 Å². The number of carbonyl (C=O) groups excluding carboxylic acids is 2. The number of nitrogens with one attached hydrogen (secondary N) is 1. The Bertz CT molecular complexity index is 918. The van der Waals surface area contributed by atoms with Crippen molar-refractivity contribution in [2.75, 3.05) is 0 Å². The highest BCUT2D eigenvalue weighted by molar-refractivity contribution is 5.99. The van der Waals surface area contributed by atoms with Crippen LogP contribution in [0.25, 0.3) is 10.9 Å². The first kappa shape index (κ1) is 16.2. The minimum atomic E-state index is -4.65. The highest BCUT2D eigenvalue weighted by atomic mass is 19.4. The van der Waals surface area contributed by atoms with E-state index in [1.54, 1.807) is 0 Å². The van der Waals surface area contributed by atoms with Gasteiger partial charge in [0.15, 0.2) is 0 Å². The van der Waals surface area contributed by atoms with Crippen LogP contribution < -0.4 is 10.9 Å². The fraction of sp³-hybridized carbons (Fsp3) is 0.333. The lowest BCUT2D eigenvalue weighted by Gasteiger charge is -2.24. The van der Waals surface area contributed by atoms with Gasteiger partial charge >= 0.3 is 6.18 Å². The fourth-order valence-electron chi connectivity index (χ4n) is 2.85. The number of imide groups is 1. The number of rotatable bonds is 1. The quantitative estimate of drug-likeness (QED) is 0.802. The van der Waals surface area contributed by atoms with E-state index in [0.717, 1.165) is 16.7 Å². The van der Waals surface area contributed by atoms with Crippen LogP contribution in [0.15, 0.2) is 23.0 Å². The number of hydrogen-bond acceptors (Lipinski definition) is 4. The Kier molecular flexibility index (Phi) is 3.66. The number of halogens is 3. The summed E-state index contributed by atoms with van der Waals surface area (Å²) < 4.78 is 40.3. The van der Waals surface area contributed by atoms with Crippen LogP contribution in [0.5, 0.6) is 0 Å². The van der Waals surface area contributed by atoms with E-state index in [2.05, 4.69) is 10.3 Å². The molecule has 0 spiro atoms. The molecule has 1 N–H and O–H groups in total. The SMILES string of the molecule is Cc1nc2c(C(F)(F)F)cccc2c(=O)n1[C@@H]1CCC(=O)NC1=O. The molecule has 1 fully saturated rings. The summed E-state index contributed by atoms with van der Waals surface area (Å²) in [5, 5.41) is 1.90. The Balaban J connectivity index is 2.24. The highest BCUT2D eigenvalue weighted by Crippen LogP contribution is 2.33. The van der Waals surface area contributed by atoms with E-state index >= 15 is 0 Å². The summed E-state index contributed by atoms with van der Waals surface area (Å²) in [7, 11) is 0. The van der Waals surface area contributed by atoms with Crippen LogP contribution in [0.3, 0.4) is 0 Å².